The van der Waals surface area contributed by atoms with E-state index < -0.39 is 36.4 Å². The summed E-state index contributed by atoms with van der Waals surface area (Å²) < 4.78 is 0. The van der Waals surface area contributed by atoms with Gasteiger partial charge >= 0.3 is 5.97 Å². The summed E-state index contributed by atoms with van der Waals surface area (Å²) in [6, 6.07) is 3.84. The fourth-order valence-corrected chi connectivity index (χ4v) is 2.90. The minimum absolute atomic E-state index is 0.0816. The van der Waals surface area contributed by atoms with Crippen molar-refractivity contribution in [3.63, 3.8) is 0 Å². The number of aromatic hydroxyl groups is 1. The average molecular weight is 406 g/mol. The zero-order valence-electron chi connectivity index (χ0n) is 16.1. The number of hydrogen-bond acceptors (Lipinski definition) is 6. The first-order valence-corrected chi connectivity index (χ1v) is 9.38. The molecule has 2 rings (SSSR count). The number of phenolic OH excluding ortho intramolecular Hbond substituents is 1. The van der Waals surface area contributed by atoms with Crippen LogP contribution in [-0.4, -0.2) is 65.1 Å². The second-order valence-electron chi connectivity index (χ2n) is 6.93. The van der Waals surface area contributed by atoms with Crippen LogP contribution in [0, 0.1) is 0 Å². The first kappa shape index (κ1) is 22.2. The van der Waals surface area contributed by atoms with Crippen molar-refractivity contribution in [2.45, 2.75) is 44.3 Å². The molecular formula is C19H26N4O6. The summed E-state index contributed by atoms with van der Waals surface area (Å²) in [5, 5.41) is 28.6. The van der Waals surface area contributed by atoms with Crippen molar-refractivity contribution in [2.24, 2.45) is 0 Å². The minimum Gasteiger partial charge on any atom is -0.508 e. The van der Waals surface area contributed by atoms with Crippen molar-refractivity contribution in [3.8, 4) is 5.75 Å². The number of carboxylic acid groups (broad SMARTS) is 1. The lowest BCUT2D eigenvalue weighted by Crippen LogP contribution is -2.54. The number of carbonyl (C=O) groups excluding carboxylic acids is 3. The van der Waals surface area contributed by atoms with Crippen LogP contribution in [0.5, 0.6) is 5.75 Å². The second-order valence-corrected chi connectivity index (χ2v) is 6.93. The van der Waals surface area contributed by atoms with Crippen LogP contribution in [0.4, 0.5) is 0 Å². The van der Waals surface area contributed by atoms with E-state index in [0.717, 1.165) is 13.0 Å². The lowest BCUT2D eigenvalue weighted by molar-refractivity contribution is -0.141. The van der Waals surface area contributed by atoms with Gasteiger partial charge in [0.1, 0.15) is 17.8 Å². The van der Waals surface area contributed by atoms with Gasteiger partial charge in [-0.05, 0) is 44.0 Å². The van der Waals surface area contributed by atoms with Crippen LogP contribution in [0.2, 0.25) is 0 Å². The molecular weight excluding hydrogens is 380 g/mol. The molecule has 1 saturated heterocycles. The van der Waals surface area contributed by atoms with Gasteiger partial charge in [0.25, 0.3) is 0 Å². The second kappa shape index (κ2) is 10.4. The van der Waals surface area contributed by atoms with E-state index in [4.69, 9.17) is 5.11 Å². The maximum absolute atomic E-state index is 12.6. The zero-order valence-corrected chi connectivity index (χ0v) is 16.1. The lowest BCUT2D eigenvalue weighted by Gasteiger charge is -2.21. The van der Waals surface area contributed by atoms with Gasteiger partial charge in [-0.1, -0.05) is 12.1 Å². The van der Waals surface area contributed by atoms with E-state index >= 15 is 0 Å². The third kappa shape index (κ3) is 7.07. The van der Waals surface area contributed by atoms with Crippen molar-refractivity contribution >= 4 is 23.7 Å². The summed E-state index contributed by atoms with van der Waals surface area (Å²) in [6.45, 7) is 1.62. The summed E-state index contributed by atoms with van der Waals surface area (Å²) in [6.07, 6.45) is 1.71. The van der Waals surface area contributed by atoms with E-state index in [1.165, 1.54) is 19.1 Å². The van der Waals surface area contributed by atoms with Crippen LogP contribution in [0.25, 0.3) is 0 Å². The normalized spacial score (nSPS) is 17.8. The van der Waals surface area contributed by atoms with Gasteiger partial charge in [0.2, 0.25) is 17.7 Å². The van der Waals surface area contributed by atoms with Gasteiger partial charge in [0, 0.05) is 6.42 Å². The molecule has 29 heavy (non-hydrogen) atoms. The molecule has 3 amide bonds. The van der Waals surface area contributed by atoms with Gasteiger partial charge in [-0.25, -0.2) is 0 Å². The van der Waals surface area contributed by atoms with Crippen molar-refractivity contribution in [1.82, 2.24) is 21.3 Å². The maximum Gasteiger partial charge on any atom is 0.325 e. The van der Waals surface area contributed by atoms with Crippen molar-refractivity contribution in [3.05, 3.63) is 29.8 Å². The molecule has 0 aromatic heterocycles. The third-order valence-electron chi connectivity index (χ3n) is 4.56. The van der Waals surface area contributed by atoms with Crippen LogP contribution in [0.3, 0.4) is 0 Å². The molecule has 0 radical (unpaired) electrons. The summed E-state index contributed by atoms with van der Waals surface area (Å²) in [7, 11) is 0. The van der Waals surface area contributed by atoms with Crippen LogP contribution >= 0.6 is 0 Å². The number of aliphatic carboxylic acids is 1. The number of amides is 3. The van der Waals surface area contributed by atoms with Crippen LogP contribution in [0.1, 0.15) is 25.3 Å². The number of nitrogens with one attached hydrogen (secondary N) is 4. The molecule has 1 aromatic rings. The number of benzene rings is 1. The van der Waals surface area contributed by atoms with Crippen LogP contribution in [0.15, 0.2) is 24.3 Å². The van der Waals surface area contributed by atoms with Crippen LogP contribution in [-0.2, 0) is 25.6 Å². The van der Waals surface area contributed by atoms with Gasteiger partial charge < -0.3 is 31.5 Å². The quantitative estimate of drug-likeness (QED) is 0.303. The molecule has 1 fully saturated rings. The summed E-state index contributed by atoms with van der Waals surface area (Å²) >= 11 is 0. The van der Waals surface area contributed by atoms with E-state index in [-0.39, 0.29) is 24.1 Å². The number of hydrogen-bond donors (Lipinski definition) is 6. The molecule has 6 N–H and O–H groups in total. The Morgan fingerprint density at radius 1 is 1.17 bits per heavy atom. The van der Waals surface area contributed by atoms with E-state index in [1.807, 2.05) is 0 Å². The number of phenols is 1. The van der Waals surface area contributed by atoms with Crippen molar-refractivity contribution in [2.75, 3.05) is 13.1 Å². The highest BCUT2D eigenvalue weighted by molar-refractivity contribution is 5.92. The first-order chi connectivity index (χ1) is 13.8. The lowest BCUT2D eigenvalue weighted by atomic mass is 10.0. The Kier molecular flexibility index (Phi) is 7.96. The summed E-state index contributed by atoms with van der Waals surface area (Å²) in [5.41, 5.74) is 0.714. The Balaban J connectivity index is 1.99. The Labute approximate surface area is 168 Å². The summed E-state index contributed by atoms with van der Waals surface area (Å²) in [4.78, 5) is 47.6. The third-order valence-corrected chi connectivity index (χ3v) is 4.56. The van der Waals surface area contributed by atoms with Crippen molar-refractivity contribution in [1.29, 1.82) is 0 Å². The van der Waals surface area contributed by atoms with Crippen LogP contribution < -0.4 is 21.3 Å². The first-order valence-electron chi connectivity index (χ1n) is 9.38. The van der Waals surface area contributed by atoms with E-state index in [9.17, 15) is 24.3 Å². The zero-order chi connectivity index (χ0) is 21.4. The fourth-order valence-electron chi connectivity index (χ4n) is 2.90. The molecule has 1 aliphatic heterocycles. The Hall–Kier alpha value is -3.14. The monoisotopic (exact) mass is 406 g/mol. The molecule has 10 nitrogen and oxygen atoms in total. The molecule has 0 aliphatic carbocycles. The van der Waals surface area contributed by atoms with Gasteiger partial charge in [-0.15, -0.1) is 0 Å². The van der Waals surface area contributed by atoms with Gasteiger partial charge in [-0.3, -0.25) is 19.2 Å². The number of rotatable bonds is 9. The van der Waals surface area contributed by atoms with E-state index in [0.29, 0.717) is 12.0 Å². The highest BCUT2D eigenvalue weighted by Gasteiger charge is 2.28. The van der Waals surface area contributed by atoms with Crippen molar-refractivity contribution < 1.29 is 29.4 Å². The van der Waals surface area contributed by atoms with Gasteiger partial charge in [-0.2, -0.15) is 0 Å². The van der Waals surface area contributed by atoms with Gasteiger partial charge in [0.05, 0.1) is 12.6 Å². The Bertz CT molecular complexity index is 746. The Morgan fingerprint density at radius 2 is 1.86 bits per heavy atom. The molecule has 3 atom stereocenters. The summed E-state index contributed by atoms with van der Waals surface area (Å²) in [5.74, 6) is -2.63. The van der Waals surface area contributed by atoms with E-state index in [1.54, 1.807) is 12.1 Å². The average Bonchev–Trinajstić information content (AvgIpc) is 3.22. The minimum atomic E-state index is -1.19. The topological polar surface area (TPSA) is 157 Å². The predicted molar refractivity (Wildman–Crippen MR) is 103 cm³/mol. The molecule has 1 aromatic carbocycles. The molecule has 3 unspecified atom stereocenters. The molecule has 0 saturated carbocycles. The highest BCUT2D eigenvalue weighted by atomic mass is 16.4. The molecule has 1 heterocycles. The standard InChI is InChI=1S/C19H26N4O6/c1-11(19(28)29)22-16(25)10-21-17(26)15(9-12-4-6-13(24)7-5-12)23-18(27)14-3-2-8-20-14/h4-7,11,14-15,20,24H,2-3,8-10H2,1H3,(H,21,26)(H,22,25)(H,23,27)(H,28,29). The van der Waals surface area contributed by atoms with E-state index in [2.05, 4.69) is 21.3 Å². The highest BCUT2D eigenvalue weighted by Crippen LogP contribution is 2.12. The maximum atomic E-state index is 12.6. The predicted octanol–water partition coefficient (Wildman–Crippen LogP) is -1.12. The largest absolute Gasteiger partial charge is 0.508 e. The number of carbonyl (C=O) groups is 4. The smallest absolute Gasteiger partial charge is 0.325 e. The fraction of sp³-hybridized carbons (Fsp3) is 0.474. The number of carboxylic acids is 1. The molecule has 1 aliphatic rings. The molecule has 0 bridgehead atoms. The van der Waals surface area contributed by atoms with Gasteiger partial charge in [0.15, 0.2) is 0 Å². The molecule has 158 valence electrons. The SMILES string of the molecule is CC(NC(=O)CNC(=O)C(Cc1ccc(O)cc1)NC(=O)C1CCCN1)C(=O)O. The Morgan fingerprint density at radius 3 is 2.45 bits per heavy atom. The molecule has 0 spiro atoms. The molecule has 10 heteroatoms.